The molecule has 2 aromatic carbocycles. The van der Waals surface area contributed by atoms with Crippen LogP contribution in [0.4, 0.5) is 0 Å². The van der Waals surface area contributed by atoms with E-state index in [1.165, 1.54) is 0 Å². The summed E-state index contributed by atoms with van der Waals surface area (Å²) in [7, 11) is 0. The molecule has 0 unspecified atom stereocenters. The van der Waals surface area contributed by atoms with Crippen LogP contribution in [0.5, 0.6) is 0 Å². The molecule has 4 atom stereocenters. The van der Waals surface area contributed by atoms with Gasteiger partial charge in [0, 0.05) is 23.9 Å². The molecule has 34 heavy (non-hydrogen) atoms. The minimum Gasteiger partial charge on any atom is -0.371 e. The van der Waals surface area contributed by atoms with Crippen molar-refractivity contribution >= 4 is 17.5 Å². The van der Waals surface area contributed by atoms with Gasteiger partial charge in [-0.1, -0.05) is 54.1 Å². The van der Waals surface area contributed by atoms with E-state index in [4.69, 9.17) is 30.5 Å². The topological polar surface area (TPSA) is 66.0 Å². The number of carbonyl (C=O) groups is 1. The van der Waals surface area contributed by atoms with Crippen LogP contribution in [-0.2, 0) is 37.0 Å². The highest BCUT2D eigenvalue weighted by Crippen LogP contribution is 2.44. The molecular formula is C27H34ClNO5. The zero-order valence-electron chi connectivity index (χ0n) is 20.3. The highest BCUT2D eigenvalue weighted by atomic mass is 35.5. The molecule has 1 aliphatic carbocycles. The second-order valence-electron chi connectivity index (χ2n) is 9.92. The standard InChI is InChI=1S/C27H34ClNO5/c1-18(2)29-25(30)27(32-17-19-9-6-5-7-10-19)14-22(24-23(15-27)33-26(3,4)34-24)31-16-20-11-8-12-21(28)13-20/h5-13,18,22-24H,14-17H2,1-4H3,(H,29,30)/t22-,23-,24+,27-/m1/s1. The van der Waals surface area contributed by atoms with Gasteiger partial charge in [-0.15, -0.1) is 0 Å². The second kappa shape index (κ2) is 10.3. The van der Waals surface area contributed by atoms with Crippen LogP contribution in [-0.4, -0.2) is 41.6 Å². The lowest BCUT2D eigenvalue weighted by Crippen LogP contribution is -2.60. The highest BCUT2D eigenvalue weighted by molar-refractivity contribution is 6.30. The number of hydrogen-bond acceptors (Lipinski definition) is 5. The van der Waals surface area contributed by atoms with E-state index in [2.05, 4.69) is 5.32 Å². The minimum absolute atomic E-state index is 0.0227. The summed E-state index contributed by atoms with van der Waals surface area (Å²) >= 11 is 6.15. The Balaban J connectivity index is 1.60. The maximum atomic E-state index is 13.6. The van der Waals surface area contributed by atoms with Gasteiger partial charge in [0.25, 0.3) is 5.91 Å². The van der Waals surface area contributed by atoms with Gasteiger partial charge in [-0.2, -0.15) is 0 Å². The Morgan fingerprint density at radius 2 is 1.79 bits per heavy atom. The first kappa shape index (κ1) is 25.1. The lowest BCUT2D eigenvalue weighted by atomic mass is 9.78. The summed E-state index contributed by atoms with van der Waals surface area (Å²) in [5.74, 6) is -0.918. The number of hydrogen-bond donors (Lipinski definition) is 1. The monoisotopic (exact) mass is 487 g/mol. The average Bonchev–Trinajstić information content (AvgIpc) is 3.10. The fourth-order valence-electron chi connectivity index (χ4n) is 4.73. The molecule has 1 N–H and O–H groups in total. The summed E-state index contributed by atoms with van der Waals surface area (Å²) in [5.41, 5.74) is 0.848. The molecule has 1 saturated carbocycles. The zero-order valence-corrected chi connectivity index (χ0v) is 21.0. The van der Waals surface area contributed by atoms with Crippen molar-refractivity contribution in [3.8, 4) is 0 Å². The molecule has 2 aromatic rings. The first-order chi connectivity index (χ1) is 16.2. The number of fused-ring (bicyclic) bond motifs is 1. The van der Waals surface area contributed by atoms with E-state index >= 15 is 0 Å². The molecule has 0 spiro atoms. The van der Waals surface area contributed by atoms with Crippen molar-refractivity contribution in [2.75, 3.05) is 0 Å². The van der Waals surface area contributed by atoms with Crippen LogP contribution in [0.2, 0.25) is 5.02 Å². The van der Waals surface area contributed by atoms with Crippen LogP contribution in [0.25, 0.3) is 0 Å². The van der Waals surface area contributed by atoms with Crippen LogP contribution >= 0.6 is 11.6 Å². The molecule has 6 nitrogen and oxygen atoms in total. The van der Waals surface area contributed by atoms with E-state index < -0.39 is 17.5 Å². The van der Waals surface area contributed by atoms with Crippen molar-refractivity contribution in [2.45, 2.75) is 89.5 Å². The Morgan fingerprint density at radius 1 is 1.06 bits per heavy atom. The molecule has 0 bridgehead atoms. The second-order valence-corrected chi connectivity index (χ2v) is 10.4. The summed E-state index contributed by atoms with van der Waals surface area (Å²) in [6, 6.07) is 17.4. The van der Waals surface area contributed by atoms with Gasteiger partial charge in [0.15, 0.2) is 11.4 Å². The van der Waals surface area contributed by atoms with Gasteiger partial charge in [-0.3, -0.25) is 4.79 Å². The molecule has 2 aliphatic rings. The van der Waals surface area contributed by atoms with E-state index in [-0.39, 0.29) is 24.2 Å². The Bertz CT molecular complexity index is 982. The predicted octanol–water partition coefficient (Wildman–Crippen LogP) is 5.02. The van der Waals surface area contributed by atoms with E-state index in [9.17, 15) is 4.79 Å². The van der Waals surface area contributed by atoms with Crippen LogP contribution < -0.4 is 5.32 Å². The largest absolute Gasteiger partial charge is 0.371 e. The smallest absolute Gasteiger partial charge is 0.252 e. The van der Waals surface area contributed by atoms with Crippen molar-refractivity contribution < 1.29 is 23.7 Å². The fraction of sp³-hybridized carbons (Fsp3) is 0.519. The van der Waals surface area contributed by atoms with Crippen LogP contribution in [0.15, 0.2) is 54.6 Å². The summed E-state index contributed by atoms with van der Waals surface area (Å²) in [6.07, 6.45) is -0.271. The van der Waals surface area contributed by atoms with Crippen molar-refractivity contribution in [3.05, 3.63) is 70.7 Å². The van der Waals surface area contributed by atoms with Gasteiger partial charge >= 0.3 is 0 Å². The number of ether oxygens (including phenoxy) is 4. The van der Waals surface area contributed by atoms with Crippen LogP contribution in [0, 0.1) is 0 Å². The number of benzene rings is 2. The summed E-state index contributed by atoms with van der Waals surface area (Å²) in [5, 5.41) is 3.71. The van der Waals surface area contributed by atoms with Crippen molar-refractivity contribution in [1.82, 2.24) is 5.32 Å². The lowest BCUT2D eigenvalue weighted by molar-refractivity contribution is -0.183. The van der Waals surface area contributed by atoms with Crippen molar-refractivity contribution in [1.29, 1.82) is 0 Å². The van der Waals surface area contributed by atoms with Crippen LogP contribution in [0.3, 0.4) is 0 Å². The number of nitrogens with one attached hydrogen (secondary N) is 1. The van der Waals surface area contributed by atoms with E-state index in [0.717, 1.165) is 11.1 Å². The predicted molar refractivity (Wildman–Crippen MR) is 130 cm³/mol. The van der Waals surface area contributed by atoms with E-state index in [0.29, 0.717) is 31.1 Å². The van der Waals surface area contributed by atoms with E-state index in [1.54, 1.807) is 0 Å². The number of carbonyl (C=O) groups excluding carboxylic acids is 1. The van der Waals surface area contributed by atoms with Gasteiger partial charge in [-0.05, 0) is 51.0 Å². The SMILES string of the molecule is CC(C)NC(=O)[C@@]1(OCc2ccccc2)C[C@@H](OCc2cccc(Cl)c2)[C@@H]2OC(C)(C)O[C@@H]2C1. The normalized spacial score (nSPS) is 28.0. The average molecular weight is 488 g/mol. The quantitative estimate of drug-likeness (QED) is 0.566. The molecule has 0 aromatic heterocycles. The molecule has 7 heteroatoms. The van der Waals surface area contributed by atoms with Crippen LogP contribution in [0.1, 0.15) is 51.7 Å². The third-order valence-corrected chi connectivity index (χ3v) is 6.43. The Hall–Kier alpha value is -1.96. The van der Waals surface area contributed by atoms with E-state index in [1.807, 2.05) is 82.3 Å². The summed E-state index contributed by atoms with van der Waals surface area (Å²) in [4.78, 5) is 13.6. The summed E-state index contributed by atoms with van der Waals surface area (Å²) < 4.78 is 25.3. The Labute approximate surface area is 206 Å². The lowest BCUT2D eigenvalue weighted by Gasteiger charge is -2.43. The molecule has 4 rings (SSSR count). The molecule has 0 radical (unpaired) electrons. The number of rotatable bonds is 8. The molecule has 2 fully saturated rings. The van der Waals surface area contributed by atoms with Gasteiger partial charge < -0.3 is 24.3 Å². The third kappa shape index (κ3) is 5.99. The van der Waals surface area contributed by atoms with Crippen molar-refractivity contribution in [2.24, 2.45) is 0 Å². The summed E-state index contributed by atoms with van der Waals surface area (Å²) in [6.45, 7) is 8.33. The number of halogens is 1. The fourth-order valence-corrected chi connectivity index (χ4v) is 4.94. The first-order valence-electron chi connectivity index (χ1n) is 11.9. The first-order valence-corrected chi connectivity index (χ1v) is 12.2. The van der Waals surface area contributed by atoms with Gasteiger partial charge in [0.2, 0.25) is 0 Å². The molecule has 1 heterocycles. The molecule has 1 saturated heterocycles. The Morgan fingerprint density at radius 3 is 2.50 bits per heavy atom. The maximum Gasteiger partial charge on any atom is 0.252 e. The zero-order chi connectivity index (χ0) is 24.3. The van der Waals surface area contributed by atoms with Crippen molar-refractivity contribution in [3.63, 3.8) is 0 Å². The molecule has 184 valence electrons. The van der Waals surface area contributed by atoms with Gasteiger partial charge in [-0.25, -0.2) is 0 Å². The molecular weight excluding hydrogens is 454 g/mol. The third-order valence-electron chi connectivity index (χ3n) is 6.19. The Kier molecular flexibility index (Phi) is 7.65. The minimum atomic E-state index is -1.11. The highest BCUT2D eigenvalue weighted by Gasteiger charge is 2.58. The number of amides is 1. The van der Waals surface area contributed by atoms with Gasteiger partial charge in [0.05, 0.1) is 25.4 Å². The molecule has 1 aliphatic heterocycles. The maximum absolute atomic E-state index is 13.6. The molecule has 1 amide bonds. The van der Waals surface area contributed by atoms with Gasteiger partial charge in [0.1, 0.15) is 6.10 Å².